The largest absolute Gasteiger partial charge is 0.370 e. The maximum atomic E-state index is 9.85. The summed E-state index contributed by atoms with van der Waals surface area (Å²) in [6, 6.07) is 13.7. The molecule has 2 aliphatic rings. The Morgan fingerprint density at radius 2 is 1.83 bits per heavy atom. The predicted molar refractivity (Wildman–Crippen MR) is 103 cm³/mol. The monoisotopic (exact) mass is 334 g/mol. The van der Waals surface area contributed by atoms with Gasteiger partial charge in [-0.15, -0.1) is 0 Å². The van der Waals surface area contributed by atoms with Crippen molar-refractivity contribution in [3.63, 3.8) is 0 Å². The molecule has 1 fully saturated rings. The van der Waals surface area contributed by atoms with Gasteiger partial charge >= 0.3 is 0 Å². The normalized spacial score (nSPS) is 16.8. The summed E-state index contributed by atoms with van der Waals surface area (Å²) < 4.78 is 0. The van der Waals surface area contributed by atoms with Crippen LogP contribution in [0.3, 0.4) is 0 Å². The summed E-state index contributed by atoms with van der Waals surface area (Å²) >= 11 is 1.98. The van der Waals surface area contributed by atoms with Gasteiger partial charge in [-0.05, 0) is 60.3 Å². The zero-order valence-corrected chi connectivity index (χ0v) is 15.0. The lowest BCUT2D eigenvalue weighted by Crippen LogP contribution is -2.21. The maximum Gasteiger partial charge on any atom is 0.102 e. The molecule has 0 amide bonds. The number of hydrogen-bond donors (Lipinski definition) is 0. The molecule has 0 bridgehead atoms. The van der Waals surface area contributed by atoms with Crippen LogP contribution < -0.4 is 4.90 Å². The molecule has 1 saturated heterocycles. The maximum absolute atomic E-state index is 9.85. The standard InChI is InChI=1S/C21H22N2S/c1-15-4-6-16(7-5-15)18-12-21(23-9-2-3-10-23)19(13-22)17-8-11-24-14-20(17)18/h4-7,12H,2-3,8-11,14H2,1H3. The number of nitriles is 1. The lowest BCUT2D eigenvalue weighted by Gasteiger charge is -2.27. The number of rotatable bonds is 2. The average Bonchev–Trinajstić information content (AvgIpc) is 3.15. The summed E-state index contributed by atoms with van der Waals surface area (Å²) in [5, 5.41) is 9.85. The molecule has 0 N–H and O–H groups in total. The average molecular weight is 334 g/mol. The number of fused-ring (bicyclic) bond motifs is 1. The van der Waals surface area contributed by atoms with Crippen LogP contribution >= 0.6 is 11.8 Å². The van der Waals surface area contributed by atoms with Crippen molar-refractivity contribution < 1.29 is 0 Å². The zero-order valence-electron chi connectivity index (χ0n) is 14.1. The SMILES string of the molecule is Cc1ccc(-c2cc(N3CCCC3)c(C#N)c3c2CSCC3)cc1. The quantitative estimate of drug-likeness (QED) is 0.780. The van der Waals surface area contributed by atoms with Crippen molar-refractivity contribution in [1.82, 2.24) is 0 Å². The van der Waals surface area contributed by atoms with E-state index in [4.69, 9.17) is 0 Å². The Morgan fingerprint density at radius 3 is 2.54 bits per heavy atom. The van der Waals surface area contributed by atoms with Crippen molar-refractivity contribution >= 4 is 17.4 Å². The molecular weight excluding hydrogens is 312 g/mol. The van der Waals surface area contributed by atoms with Crippen LogP contribution in [-0.4, -0.2) is 18.8 Å². The van der Waals surface area contributed by atoms with E-state index in [2.05, 4.69) is 48.2 Å². The first-order chi connectivity index (χ1) is 11.8. The van der Waals surface area contributed by atoms with E-state index in [9.17, 15) is 5.26 Å². The Morgan fingerprint density at radius 1 is 1.08 bits per heavy atom. The smallest absolute Gasteiger partial charge is 0.102 e. The zero-order chi connectivity index (χ0) is 16.5. The molecule has 2 heterocycles. The molecule has 0 saturated carbocycles. The number of anilines is 1. The molecule has 2 aromatic rings. The van der Waals surface area contributed by atoms with E-state index in [1.54, 1.807) is 0 Å². The van der Waals surface area contributed by atoms with Gasteiger partial charge in [-0.1, -0.05) is 29.8 Å². The summed E-state index contributed by atoms with van der Waals surface area (Å²) in [4.78, 5) is 2.41. The molecule has 3 heteroatoms. The van der Waals surface area contributed by atoms with Gasteiger partial charge in [-0.2, -0.15) is 17.0 Å². The van der Waals surface area contributed by atoms with E-state index in [1.165, 1.54) is 40.7 Å². The number of nitrogens with zero attached hydrogens (tertiary/aromatic N) is 2. The lowest BCUT2D eigenvalue weighted by atomic mass is 9.89. The van der Waals surface area contributed by atoms with Crippen molar-refractivity contribution in [3.05, 3.63) is 52.6 Å². The van der Waals surface area contributed by atoms with E-state index in [1.807, 2.05) is 11.8 Å². The first-order valence-electron chi connectivity index (χ1n) is 8.76. The van der Waals surface area contributed by atoms with Gasteiger partial charge in [-0.25, -0.2) is 0 Å². The van der Waals surface area contributed by atoms with Gasteiger partial charge in [0.15, 0.2) is 0 Å². The third kappa shape index (κ3) is 2.70. The molecule has 0 spiro atoms. The number of thioether (sulfide) groups is 1. The van der Waals surface area contributed by atoms with Crippen molar-refractivity contribution in [2.24, 2.45) is 0 Å². The fourth-order valence-corrected chi connectivity index (χ4v) is 4.90. The molecule has 0 atom stereocenters. The Bertz CT molecular complexity index is 796. The third-order valence-electron chi connectivity index (χ3n) is 5.19. The lowest BCUT2D eigenvalue weighted by molar-refractivity contribution is 0.949. The van der Waals surface area contributed by atoms with Gasteiger partial charge in [0.2, 0.25) is 0 Å². The van der Waals surface area contributed by atoms with Gasteiger partial charge < -0.3 is 4.90 Å². The van der Waals surface area contributed by atoms with Crippen molar-refractivity contribution in [3.8, 4) is 17.2 Å². The summed E-state index contributed by atoms with van der Waals surface area (Å²) in [5.41, 5.74) is 8.68. The minimum absolute atomic E-state index is 0.933. The van der Waals surface area contributed by atoms with Crippen molar-refractivity contribution in [2.45, 2.75) is 31.9 Å². The molecule has 2 aliphatic heterocycles. The van der Waals surface area contributed by atoms with Crippen LogP contribution in [0.15, 0.2) is 30.3 Å². The van der Waals surface area contributed by atoms with Gasteiger partial charge in [-0.3, -0.25) is 0 Å². The van der Waals surface area contributed by atoms with E-state index in [0.29, 0.717) is 0 Å². The molecule has 2 aromatic carbocycles. The van der Waals surface area contributed by atoms with Crippen LogP contribution in [0.25, 0.3) is 11.1 Å². The Hall–Kier alpha value is -1.92. The number of aryl methyl sites for hydroxylation is 1. The van der Waals surface area contributed by atoms with Crippen LogP contribution in [0.1, 0.15) is 35.1 Å². The summed E-state index contributed by atoms with van der Waals surface area (Å²) in [6.45, 7) is 4.29. The molecule has 24 heavy (non-hydrogen) atoms. The molecule has 4 rings (SSSR count). The third-order valence-corrected chi connectivity index (χ3v) is 6.18. The highest BCUT2D eigenvalue weighted by atomic mass is 32.2. The summed E-state index contributed by atoms with van der Waals surface area (Å²) in [7, 11) is 0. The van der Waals surface area contributed by atoms with E-state index in [0.717, 1.165) is 42.3 Å². The fraction of sp³-hybridized carbons (Fsp3) is 0.381. The van der Waals surface area contributed by atoms with E-state index in [-0.39, 0.29) is 0 Å². The Kier molecular flexibility index (Phi) is 4.24. The molecule has 0 unspecified atom stereocenters. The van der Waals surface area contributed by atoms with Crippen LogP contribution in [0.2, 0.25) is 0 Å². The minimum atomic E-state index is 0.933. The number of hydrogen-bond acceptors (Lipinski definition) is 3. The second kappa shape index (κ2) is 6.53. The van der Waals surface area contributed by atoms with Gasteiger partial charge in [0, 0.05) is 18.8 Å². The highest BCUT2D eigenvalue weighted by Gasteiger charge is 2.25. The van der Waals surface area contributed by atoms with Crippen LogP contribution in [0.5, 0.6) is 0 Å². The number of benzene rings is 2. The fourth-order valence-electron chi connectivity index (χ4n) is 3.88. The van der Waals surface area contributed by atoms with Crippen molar-refractivity contribution in [2.75, 3.05) is 23.7 Å². The minimum Gasteiger partial charge on any atom is -0.370 e. The Balaban J connectivity index is 1.93. The summed E-state index contributed by atoms with van der Waals surface area (Å²) in [5.74, 6) is 2.14. The molecule has 2 nitrogen and oxygen atoms in total. The highest BCUT2D eigenvalue weighted by Crippen LogP contribution is 2.40. The predicted octanol–water partition coefficient (Wildman–Crippen LogP) is 4.92. The summed E-state index contributed by atoms with van der Waals surface area (Å²) in [6.07, 6.45) is 3.48. The molecule has 122 valence electrons. The first-order valence-corrected chi connectivity index (χ1v) is 9.92. The first kappa shape index (κ1) is 15.6. The van der Waals surface area contributed by atoms with Crippen LogP contribution in [0, 0.1) is 18.3 Å². The van der Waals surface area contributed by atoms with Gasteiger partial charge in [0.25, 0.3) is 0 Å². The van der Waals surface area contributed by atoms with Crippen LogP contribution in [0.4, 0.5) is 5.69 Å². The van der Waals surface area contributed by atoms with E-state index >= 15 is 0 Å². The molecule has 0 aliphatic carbocycles. The molecule has 0 radical (unpaired) electrons. The Labute approximate surface area is 148 Å². The molecular formula is C21H22N2S. The highest BCUT2D eigenvalue weighted by molar-refractivity contribution is 7.98. The van der Waals surface area contributed by atoms with E-state index < -0.39 is 0 Å². The second-order valence-electron chi connectivity index (χ2n) is 6.75. The van der Waals surface area contributed by atoms with Crippen LogP contribution in [-0.2, 0) is 12.2 Å². The topological polar surface area (TPSA) is 27.0 Å². The molecule has 0 aromatic heterocycles. The van der Waals surface area contributed by atoms with Crippen molar-refractivity contribution in [1.29, 1.82) is 5.26 Å². The second-order valence-corrected chi connectivity index (χ2v) is 7.86. The van der Waals surface area contributed by atoms with Gasteiger partial charge in [0.05, 0.1) is 11.3 Å². The van der Waals surface area contributed by atoms with Gasteiger partial charge in [0.1, 0.15) is 6.07 Å².